The van der Waals surface area contributed by atoms with Gasteiger partial charge in [0.25, 0.3) is 0 Å². The molecule has 1 aromatic rings. The van der Waals surface area contributed by atoms with Gasteiger partial charge in [-0.1, -0.05) is 6.92 Å². The Bertz CT molecular complexity index is 797. The van der Waals surface area contributed by atoms with Crippen molar-refractivity contribution in [1.29, 1.82) is 0 Å². The Labute approximate surface area is 153 Å². The molecule has 2 fully saturated rings. The summed E-state index contributed by atoms with van der Waals surface area (Å²) in [6.45, 7) is 0.779. The molecule has 0 unspecified atom stereocenters. The fraction of sp³-hybridized carbons (Fsp3) is 0.750. The minimum absolute atomic E-state index is 0.449. The van der Waals surface area contributed by atoms with Crippen LogP contribution in [0.25, 0.3) is 0 Å². The van der Waals surface area contributed by atoms with Crippen molar-refractivity contribution in [2.24, 2.45) is 5.41 Å². The number of carbonyl (C=O) groups is 1. The lowest BCUT2D eigenvalue weighted by molar-refractivity contribution is -0.166. The first-order chi connectivity index (χ1) is 12.6. The van der Waals surface area contributed by atoms with E-state index in [1.807, 2.05) is 0 Å². The van der Waals surface area contributed by atoms with Crippen LogP contribution in [0.1, 0.15) is 54.4 Å². The van der Waals surface area contributed by atoms with E-state index in [-0.39, 0.29) is 0 Å². The van der Waals surface area contributed by atoms with E-state index < -0.39 is 84.3 Å². The minimum atomic E-state index is -5.32. The second-order valence-corrected chi connectivity index (χ2v) is 7.82. The first-order valence-electron chi connectivity index (χ1n) is 8.27. The van der Waals surface area contributed by atoms with Gasteiger partial charge in [0.2, 0.25) is 5.92 Å². The van der Waals surface area contributed by atoms with E-state index in [9.17, 15) is 39.9 Å². The average molecular weight is 420 g/mol. The number of alkyl halides is 8. The summed E-state index contributed by atoms with van der Waals surface area (Å²) in [6, 6.07) is 0. The zero-order chi connectivity index (χ0) is 21.3. The Kier molecular flexibility index (Phi) is 4.33. The molecule has 0 aromatic carbocycles. The summed E-state index contributed by atoms with van der Waals surface area (Å²) in [4.78, 5) is 12.0. The zero-order valence-corrected chi connectivity index (χ0v) is 14.8. The number of nitrogens with zero attached hydrogens (tertiary/aromatic N) is 2. The Morgan fingerprint density at radius 3 is 2.04 bits per heavy atom. The lowest BCUT2D eigenvalue weighted by Gasteiger charge is -2.44. The molecule has 1 aromatic heterocycles. The van der Waals surface area contributed by atoms with E-state index in [4.69, 9.17) is 0 Å². The van der Waals surface area contributed by atoms with Crippen LogP contribution in [-0.2, 0) is 22.9 Å². The van der Waals surface area contributed by atoms with E-state index in [0.29, 0.717) is 4.68 Å². The number of hydrogen-bond donors (Lipinski definition) is 0. The molecule has 2 aliphatic carbocycles. The molecule has 0 aliphatic heterocycles. The van der Waals surface area contributed by atoms with Crippen LogP contribution in [0.3, 0.4) is 0 Å². The van der Waals surface area contributed by atoms with Gasteiger partial charge in [0, 0.05) is 19.4 Å². The normalized spacial score (nSPS) is 22.5. The van der Waals surface area contributed by atoms with Crippen LogP contribution in [0, 0.1) is 5.41 Å². The highest BCUT2D eigenvalue weighted by atomic mass is 19.4. The van der Waals surface area contributed by atoms with Crippen LogP contribution in [0.15, 0.2) is 0 Å². The number of methoxy groups -OCH3 is 1. The zero-order valence-electron chi connectivity index (χ0n) is 14.8. The predicted octanol–water partition coefficient (Wildman–Crippen LogP) is 4.72. The summed E-state index contributed by atoms with van der Waals surface area (Å²) >= 11 is 0. The molecule has 1 heterocycles. The Morgan fingerprint density at radius 1 is 1.14 bits per heavy atom. The van der Waals surface area contributed by atoms with Crippen molar-refractivity contribution < 1.29 is 44.7 Å². The average Bonchev–Trinajstić information content (AvgIpc) is 3.20. The minimum Gasteiger partial charge on any atom is -0.464 e. The maximum absolute atomic E-state index is 13.7. The van der Waals surface area contributed by atoms with Gasteiger partial charge in [-0.15, -0.1) is 0 Å². The highest BCUT2D eigenvalue weighted by Gasteiger charge is 2.68. The van der Waals surface area contributed by atoms with Crippen molar-refractivity contribution in [3.63, 3.8) is 0 Å². The molecule has 0 radical (unpaired) electrons. The SMILES string of the molecule is COC(=O)c1c(C(F)(F)F)c(C2(C(F)(F)F)CC2)nn1CC1(C)CC(F)(F)C1. The van der Waals surface area contributed by atoms with Crippen molar-refractivity contribution in [3.8, 4) is 0 Å². The summed E-state index contributed by atoms with van der Waals surface area (Å²) in [5.41, 5.74) is -8.34. The van der Waals surface area contributed by atoms with Crippen molar-refractivity contribution in [1.82, 2.24) is 9.78 Å². The lowest BCUT2D eigenvalue weighted by atomic mass is 9.67. The number of carbonyl (C=O) groups excluding carboxylic acids is 1. The topological polar surface area (TPSA) is 44.1 Å². The predicted molar refractivity (Wildman–Crippen MR) is 77.8 cm³/mol. The molecule has 158 valence electrons. The van der Waals surface area contributed by atoms with Crippen molar-refractivity contribution in [2.75, 3.05) is 7.11 Å². The number of ether oxygens (including phenoxy) is 1. The molecule has 4 nitrogen and oxygen atoms in total. The molecule has 0 bridgehead atoms. The highest BCUT2D eigenvalue weighted by Crippen LogP contribution is 2.61. The van der Waals surface area contributed by atoms with Crippen LogP contribution in [0.5, 0.6) is 0 Å². The first-order valence-corrected chi connectivity index (χ1v) is 8.27. The molecule has 28 heavy (non-hydrogen) atoms. The Morgan fingerprint density at radius 2 is 1.68 bits per heavy atom. The summed E-state index contributed by atoms with van der Waals surface area (Å²) in [7, 11) is 0.773. The van der Waals surface area contributed by atoms with Crippen LogP contribution in [0.2, 0.25) is 0 Å². The van der Waals surface area contributed by atoms with E-state index >= 15 is 0 Å². The molecule has 0 N–H and O–H groups in total. The second-order valence-electron chi connectivity index (χ2n) is 7.82. The number of rotatable bonds is 4. The van der Waals surface area contributed by atoms with Gasteiger partial charge in [-0.05, 0) is 18.3 Å². The molecule has 0 amide bonds. The third-order valence-corrected chi connectivity index (χ3v) is 5.26. The van der Waals surface area contributed by atoms with Crippen LogP contribution in [0.4, 0.5) is 35.1 Å². The standard InChI is InChI=1S/C16H16F8N2O2/c1-12(5-14(17,18)6-12)7-26-9(11(27)28-2)8(15(19,20)21)10(25-26)13(3-4-13)16(22,23)24/h3-7H2,1-2H3. The third-order valence-electron chi connectivity index (χ3n) is 5.26. The van der Waals surface area contributed by atoms with Crippen LogP contribution in [-0.4, -0.2) is 35.0 Å². The Balaban J connectivity index is 2.17. The van der Waals surface area contributed by atoms with Gasteiger partial charge in [-0.25, -0.2) is 13.6 Å². The molecule has 0 spiro atoms. The van der Waals surface area contributed by atoms with Crippen molar-refractivity contribution >= 4 is 5.97 Å². The first kappa shape index (κ1) is 20.8. The van der Waals surface area contributed by atoms with Gasteiger partial charge < -0.3 is 4.74 Å². The third kappa shape index (κ3) is 3.24. The summed E-state index contributed by atoms with van der Waals surface area (Å²) in [6.07, 6.45) is -12.9. The molecule has 12 heteroatoms. The van der Waals surface area contributed by atoms with E-state index in [2.05, 4.69) is 9.84 Å². The van der Waals surface area contributed by atoms with Crippen molar-refractivity contribution in [3.05, 3.63) is 17.0 Å². The Hall–Kier alpha value is -1.88. The van der Waals surface area contributed by atoms with Gasteiger partial charge in [0.1, 0.15) is 11.0 Å². The van der Waals surface area contributed by atoms with E-state index in [1.54, 1.807) is 0 Å². The molecule has 3 rings (SSSR count). The number of aromatic nitrogens is 2. The smallest absolute Gasteiger partial charge is 0.420 e. The molecular weight excluding hydrogens is 404 g/mol. The summed E-state index contributed by atoms with van der Waals surface area (Å²) in [5.74, 6) is -4.55. The van der Waals surface area contributed by atoms with Gasteiger partial charge in [-0.3, -0.25) is 4.68 Å². The van der Waals surface area contributed by atoms with E-state index in [1.165, 1.54) is 6.92 Å². The van der Waals surface area contributed by atoms with Crippen LogP contribution < -0.4 is 0 Å². The number of hydrogen-bond acceptors (Lipinski definition) is 3. The number of esters is 1. The largest absolute Gasteiger partial charge is 0.464 e. The second kappa shape index (κ2) is 5.82. The molecule has 0 saturated heterocycles. The lowest BCUT2D eigenvalue weighted by Crippen LogP contribution is -2.47. The highest BCUT2D eigenvalue weighted by molar-refractivity contribution is 5.90. The van der Waals surface area contributed by atoms with Gasteiger partial charge in [0.05, 0.1) is 12.8 Å². The number of halogens is 8. The molecule has 0 atom stereocenters. The quantitative estimate of drug-likeness (QED) is 0.523. The molecular formula is C16H16F8N2O2. The van der Waals surface area contributed by atoms with Gasteiger partial charge in [0.15, 0.2) is 5.69 Å². The fourth-order valence-electron chi connectivity index (χ4n) is 3.93. The maximum atomic E-state index is 13.7. The van der Waals surface area contributed by atoms with E-state index in [0.717, 1.165) is 7.11 Å². The summed E-state index contributed by atoms with van der Waals surface area (Å²) < 4.78 is 113. The van der Waals surface area contributed by atoms with Crippen molar-refractivity contribution in [2.45, 2.75) is 62.8 Å². The molecule has 2 aliphatic rings. The van der Waals surface area contributed by atoms with Gasteiger partial charge >= 0.3 is 18.3 Å². The molecule has 2 saturated carbocycles. The maximum Gasteiger partial charge on any atom is 0.420 e. The fourth-order valence-corrected chi connectivity index (χ4v) is 3.93. The monoisotopic (exact) mass is 420 g/mol. The van der Waals surface area contributed by atoms with Gasteiger partial charge in [-0.2, -0.15) is 31.4 Å². The van der Waals surface area contributed by atoms with Crippen LogP contribution >= 0.6 is 0 Å². The summed E-state index contributed by atoms with van der Waals surface area (Å²) in [5, 5.41) is 3.49.